The van der Waals surface area contributed by atoms with Crippen LogP contribution in [0.1, 0.15) is 43.7 Å². The predicted molar refractivity (Wildman–Crippen MR) is 106 cm³/mol. The van der Waals surface area contributed by atoms with Crippen molar-refractivity contribution < 1.29 is 49.5 Å². The van der Waals surface area contributed by atoms with Gasteiger partial charge in [-0.25, -0.2) is 0 Å². The zero-order valence-electron chi connectivity index (χ0n) is 14.6. The molecule has 2 aromatic rings. The normalized spacial score (nSPS) is 14.1. The molecule has 5 heteroatoms. The van der Waals surface area contributed by atoms with Gasteiger partial charge in [0.05, 0.1) is 0 Å². The van der Waals surface area contributed by atoms with Crippen LogP contribution in [0.4, 0.5) is 0 Å². The Morgan fingerprint density at radius 1 is 0.923 bits per heavy atom. The van der Waals surface area contributed by atoms with E-state index >= 15 is 0 Å². The third-order valence-electron chi connectivity index (χ3n) is 4.22. The molecule has 0 bridgehead atoms. The minimum absolute atomic E-state index is 0. The van der Waals surface area contributed by atoms with Gasteiger partial charge >= 0.3 is 158 Å². The molecule has 0 amide bonds. The Balaban J connectivity index is 0.000000635. The van der Waals surface area contributed by atoms with Crippen molar-refractivity contribution in [2.24, 2.45) is 0 Å². The summed E-state index contributed by atoms with van der Waals surface area (Å²) in [4.78, 5) is 0. The minimum Gasteiger partial charge on any atom is -1.00 e. The van der Waals surface area contributed by atoms with Crippen molar-refractivity contribution in [2.75, 3.05) is 0 Å². The van der Waals surface area contributed by atoms with Gasteiger partial charge in [0.25, 0.3) is 0 Å². The first-order chi connectivity index (χ1) is 11.6. The molecule has 0 heterocycles. The van der Waals surface area contributed by atoms with E-state index in [-0.39, 0.29) is 24.8 Å². The van der Waals surface area contributed by atoms with E-state index in [4.69, 9.17) is 0 Å². The van der Waals surface area contributed by atoms with Gasteiger partial charge in [0, 0.05) is 0 Å². The first kappa shape index (κ1) is 24.4. The van der Waals surface area contributed by atoms with E-state index in [2.05, 4.69) is 94.3 Å². The number of benzene rings is 2. The van der Waals surface area contributed by atoms with E-state index < -0.39 is 0 Å². The number of rotatable bonds is 1. The number of allylic oxidation sites excluding steroid dienone is 4. The molecular formula is C21H19Br2Cl2Zr. The van der Waals surface area contributed by atoms with Gasteiger partial charge in [-0.3, -0.25) is 0 Å². The third kappa shape index (κ3) is 4.84. The van der Waals surface area contributed by atoms with E-state index in [9.17, 15) is 0 Å². The van der Waals surface area contributed by atoms with Crippen LogP contribution in [0.25, 0.3) is 11.1 Å². The molecule has 2 aliphatic carbocycles. The summed E-state index contributed by atoms with van der Waals surface area (Å²) in [7, 11) is 0. The SMILES string of the molecule is Brc1ccc2c(c1)C(C1=[C]([Zr+2])CC=C1)c1cc(Br)ccc1-2.CCC.[Cl-].[Cl-]. The van der Waals surface area contributed by atoms with Crippen molar-refractivity contribution in [2.45, 2.75) is 32.6 Å². The Kier molecular flexibility index (Phi) is 10.1. The maximum Gasteiger partial charge on any atom is -0.0590 e. The Morgan fingerprint density at radius 3 is 1.77 bits per heavy atom. The maximum atomic E-state index is 3.64. The monoisotopic (exact) mass is 589 g/mol. The van der Waals surface area contributed by atoms with Gasteiger partial charge in [-0.15, -0.1) is 0 Å². The summed E-state index contributed by atoms with van der Waals surface area (Å²) in [6.07, 6.45) is 7.00. The number of hydrogen-bond donors (Lipinski definition) is 0. The van der Waals surface area contributed by atoms with Gasteiger partial charge in [-0.05, 0) is 0 Å². The van der Waals surface area contributed by atoms with Gasteiger partial charge in [0.15, 0.2) is 0 Å². The van der Waals surface area contributed by atoms with Crippen molar-refractivity contribution in [3.8, 4) is 11.1 Å². The third-order valence-corrected chi connectivity index (χ3v) is 6.42. The van der Waals surface area contributed by atoms with E-state index in [1.807, 2.05) is 0 Å². The Morgan fingerprint density at radius 2 is 1.38 bits per heavy atom. The fraction of sp³-hybridized carbons (Fsp3) is 0.238. The zero-order valence-corrected chi connectivity index (χ0v) is 21.8. The molecular weight excluding hydrogens is 574 g/mol. The van der Waals surface area contributed by atoms with Crippen molar-refractivity contribution in [3.63, 3.8) is 0 Å². The topological polar surface area (TPSA) is 0 Å². The summed E-state index contributed by atoms with van der Waals surface area (Å²) in [5.41, 5.74) is 7.12. The van der Waals surface area contributed by atoms with Crippen LogP contribution < -0.4 is 24.8 Å². The average molecular weight is 593 g/mol. The standard InChI is InChI=1S/C18H11Br2.C3H8.2ClH.Zr/c19-12-5-7-14-15-8-6-13(20)10-17(15)18(16(14)9-12)11-3-1-2-4-11;1-3-2;;;/h1,3,5-10,18H,2H2;3H2,1-2H3;2*1H;/q;;;;+2/p-2. The second kappa shape index (κ2) is 10.8. The first-order valence-corrected chi connectivity index (χ1v) is 11.1. The van der Waals surface area contributed by atoms with Gasteiger partial charge < -0.3 is 24.8 Å². The van der Waals surface area contributed by atoms with E-state index in [1.54, 1.807) is 3.28 Å². The molecule has 26 heavy (non-hydrogen) atoms. The maximum absolute atomic E-state index is 3.64. The quantitative estimate of drug-likeness (QED) is 0.471. The van der Waals surface area contributed by atoms with Crippen LogP contribution in [-0.2, 0) is 24.7 Å². The Hall–Kier alpha value is 0.343. The molecule has 0 radical (unpaired) electrons. The van der Waals surface area contributed by atoms with Crippen LogP contribution in [-0.4, -0.2) is 0 Å². The largest absolute Gasteiger partial charge is 1.00 e. The Bertz CT molecular complexity index is 792. The summed E-state index contributed by atoms with van der Waals surface area (Å²) >= 11 is 8.81. The summed E-state index contributed by atoms with van der Waals surface area (Å²) in [5, 5.41) is 0. The van der Waals surface area contributed by atoms with Crippen LogP contribution in [0.3, 0.4) is 0 Å². The van der Waals surface area contributed by atoms with Gasteiger partial charge in [0.1, 0.15) is 0 Å². The number of hydrogen-bond acceptors (Lipinski definition) is 0. The van der Waals surface area contributed by atoms with E-state index in [0.29, 0.717) is 5.92 Å². The van der Waals surface area contributed by atoms with E-state index in [0.717, 1.165) is 15.4 Å². The second-order valence-electron chi connectivity index (χ2n) is 6.14. The van der Waals surface area contributed by atoms with Crippen LogP contribution in [0.15, 0.2) is 66.3 Å². The van der Waals surface area contributed by atoms with Crippen LogP contribution in [0.5, 0.6) is 0 Å². The molecule has 0 aliphatic heterocycles. The molecule has 0 nitrogen and oxygen atoms in total. The fourth-order valence-corrected chi connectivity index (χ4v) is 4.94. The number of halogens is 4. The zero-order chi connectivity index (χ0) is 17.3. The molecule has 0 unspecified atom stereocenters. The molecule has 0 saturated heterocycles. The van der Waals surface area contributed by atoms with Crippen LogP contribution >= 0.6 is 31.9 Å². The van der Waals surface area contributed by atoms with Crippen LogP contribution in [0.2, 0.25) is 0 Å². The molecule has 2 aliphatic rings. The summed E-state index contributed by atoms with van der Waals surface area (Å²) in [5.74, 6) is 0.387. The predicted octanol–water partition coefficient (Wildman–Crippen LogP) is 1.51. The second-order valence-corrected chi connectivity index (χ2v) is 9.46. The molecule has 0 spiro atoms. The molecule has 0 N–H and O–H groups in total. The molecule has 2 aromatic carbocycles. The molecule has 0 atom stereocenters. The van der Waals surface area contributed by atoms with Crippen LogP contribution in [0, 0.1) is 0 Å². The summed E-state index contributed by atoms with van der Waals surface area (Å²) < 4.78 is 3.89. The fourth-order valence-electron chi connectivity index (χ4n) is 3.33. The van der Waals surface area contributed by atoms with Crippen molar-refractivity contribution in [1.82, 2.24) is 0 Å². The average Bonchev–Trinajstić information content (AvgIpc) is 3.08. The van der Waals surface area contributed by atoms with Crippen molar-refractivity contribution in [1.29, 1.82) is 0 Å². The van der Waals surface area contributed by atoms with Gasteiger partial charge in [0.2, 0.25) is 0 Å². The molecule has 0 saturated carbocycles. The Labute approximate surface area is 200 Å². The molecule has 135 valence electrons. The minimum atomic E-state index is 0. The van der Waals surface area contributed by atoms with E-state index in [1.165, 1.54) is 59.0 Å². The molecule has 0 aromatic heterocycles. The smallest absolute Gasteiger partial charge is 0.0590 e. The van der Waals surface area contributed by atoms with Gasteiger partial charge in [-0.2, -0.15) is 0 Å². The first-order valence-electron chi connectivity index (χ1n) is 8.27. The molecule has 4 rings (SSSR count). The number of fused-ring (bicyclic) bond motifs is 3. The van der Waals surface area contributed by atoms with Crippen molar-refractivity contribution in [3.05, 3.63) is 77.5 Å². The summed E-state index contributed by atoms with van der Waals surface area (Å²) in [6.45, 7) is 4.25. The molecule has 0 fully saturated rings. The van der Waals surface area contributed by atoms with Gasteiger partial charge in [-0.1, -0.05) is 20.3 Å². The van der Waals surface area contributed by atoms with Crippen molar-refractivity contribution >= 4 is 31.9 Å². The summed E-state index contributed by atoms with van der Waals surface area (Å²) in [6, 6.07) is 13.4.